The summed E-state index contributed by atoms with van der Waals surface area (Å²) >= 11 is 0. The highest BCUT2D eigenvalue weighted by molar-refractivity contribution is 6.00. The van der Waals surface area contributed by atoms with Gasteiger partial charge in [0, 0.05) is 30.8 Å². The van der Waals surface area contributed by atoms with Crippen molar-refractivity contribution in [3.63, 3.8) is 0 Å². The summed E-state index contributed by atoms with van der Waals surface area (Å²) in [6, 6.07) is 20.8. The number of H-pyrrole nitrogens is 1. The SMILES string of the molecule is O=C(Cc1ccc2nc(-c3ccc(N4CCOCC4)cc3)[nH]c2c1)c1ccccc1O. The smallest absolute Gasteiger partial charge is 0.170 e. The third kappa shape index (κ3) is 4.02. The molecule has 2 heterocycles. The van der Waals surface area contributed by atoms with Crippen molar-refractivity contribution in [2.75, 3.05) is 31.2 Å². The zero-order chi connectivity index (χ0) is 21.2. The molecule has 0 atom stereocenters. The Hall–Kier alpha value is -3.64. The van der Waals surface area contributed by atoms with Crippen molar-refractivity contribution in [1.29, 1.82) is 0 Å². The van der Waals surface area contributed by atoms with Crippen molar-refractivity contribution in [1.82, 2.24) is 9.97 Å². The van der Waals surface area contributed by atoms with E-state index in [4.69, 9.17) is 9.72 Å². The van der Waals surface area contributed by atoms with Gasteiger partial charge in [0.05, 0.1) is 29.8 Å². The first-order chi connectivity index (χ1) is 15.2. The lowest BCUT2D eigenvalue weighted by Gasteiger charge is -2.28. The number of benzene rings is 3. The molecule has 1 aliphatic rings. The van der Waals surface area contributed by atoms with Crippen LogP contribution in [0.4, 0.5) is 5.69 Å². The van der Waals surface area contributed by atoms with E-state index in [0.717, 1.165) is 54.3 Å². The first-order valence-corrected chi connectivity index (χ1v) is 10.4. The minimum absolute atomic E-state index is 0.0120. The number of anilines is 1. The molecule has 0 aliphatic carbocycles. The Morgan fingerprint density at radius 2 is 1.81 bits per heavy atom. The summed E-state index contributed by atoms with van der Waals surface area (Å²) in [5, 5.41) is 9.92. The van der Waals surface area contributed by atoms with E-state index in [2.05, 4.69) is 34.1 Å². The lowest BCUT2D eigenvalue weighted by molar-refractivity contribution is 0.0990. The van der Waals surface area contributed by atoms with E-state index in [1.807, 2.05) is 18.2 Å². The van der Waals surface area contributed by atoms with Gasteiger partial charge < -0.3 is 19.7 Å². The monoisotopic (exact) mass is 413 g/mol. The molecule has 0 spiro atoms. The first-order valence-electron chi connectivity index (χ1n) is 10.4. The van der Waals surface area contributed by atoms with Crippen LogP contribution in [0.15, 0.2) is 66.7 Å². The van der Waals surface area contributed by atoms with Gasteiger partial charge in [0.2, 0.25) is 0 Å². The standard InChI is InChI=1S/C25H23N3O3/c29-23-4-2-1-3-20(23)24(30)16-17-5-10-21-22(15-17)27-25(26-21)18-6-8-19(9-7-18)28-11-13-31-14-12-28/h1-10,15,29H,11-14,16H2,(H,26,27). The second kappa shape index (κ2) is 8.24. The number of nitrogens with zero attached hydrogens (tertiary/aromatic N) is 2. The Kier molecular flexibility index (Phi) is 5.14. The number of fused-ring (bicyclic) bond motifs is 1. The number of imidazole rings is 1. The van der Waals surface area contributed by atoms with Crippen molar-refractivity contribution in [2.24, 2.45) is 0 Å². The predicted octanol–water partition coefficient (Wildman–Crippen LogP) is 4.20. The Morgan fingerprint density at radius 1 is 1.03 bits per heavy atom. The number of carbonyl (C=O) groups excluding carboxylic acids is 1. The van der Waals surface area contributed by atoms with Gasteiger partial charge >= 0.3 is 0 Å². The van der Waals surface area contributed by atoms with Crippen LogP contribution in [-0.2, 0) is 11.2 Å². The van der Waals surface area contributed by atoms with Gasteiger partial charge in [0.15, 0.2) is 5.78 Å². The van der Waals surface area contributed by atoms with Crippen molar-refractivity contribution >= 4 is 22.5 Å². The fourth-order valence-corrected chi connectivity index (χ4v) is 3.95. The molecule has 1 aliphatic heterocycles. The highest BCUT2D eigenvalue weighted by atomic mass is 16.5. The molecule has 0 amide bonds. The lowest BCUT2D eigenvalue weighted by Crippen LogP contribution is -2.36. The summed E-state index contributed by atoms with van der Waals surface area (Å²) in [7, 11) is 0. The van der Waals surface area contributed by atoms with Gasteiger partial charge in [-0.3, -0.25) is 4.79 Å². The fourth-order valence-electron chi connectivity index (χ4n) is 3.95. The Balaban J connectivity index is 1.36. The summed E-state index contributed by atoms with van der Waals surface area (Å²) in [6.45, 7) is 3.35. The van der Waals surface area contributed by atoms with Gasteiger partial charge in [-0.15, -0.1) is 0 Å². The van der Waals surface area contributed by atoms with E-state index in [-0.39, 0.29) is 18.0 Å². The number of ketones is 1. The number of aromatic nitrogens is 2. The van der Waals surface area contributed by atoms with Gasteiger partial charge in [-0.2, -0.15) is 0 Å². The molecule has 31 heavy (non-hydrogen) atoms. The first kappa shape index (κ1) is 19.3. The summed E-state index contributed by atoms with van der Waals surface area (Å²) < 4.78 is 5.42. The number of carbonyl (C=O) groups is 1. The van der Waals surface area contributed by atoms with Crippen LogP contribution < -0.4 is 4.90 Å². The van der Waals surface area contributed by atoms with Crippen LogP contribution >= 0.6 is 0 Å². The Bertz CT molecular complexity index is 1220. The molecule has 4 aromatic rings. The van der Waals surface area contributed by atoms with Crippen LogP contribution in [0, 0.1) is 0 Å². The number of para-hydroxylation sites is 1. The van der Waals surface area contributed by atoms with Gasteiger partial charge in [0.1, 0.15) is 11.6 Å². The number of hydrogen-bond donors (Lipinski definition) is 2. The summed E-state index contributed by atoms with van der Waals surface area (Å²) in [5.74, 6) is 0.696. The fraction of sp³-hybridized carbons (Fsp3) is 0.200. The maximum atomic E-state index is 12.6. The highest BCUT2D eigenvalue weighted by Crippen LogP contribution is 2.25. The number of phenolic OH excluding ortho intramolecular Hbond substituents is 1. The molecule has 1 aromatic heterocycles. The Morgan fingerprint density at radius 3 is 2.58 bits per heavy atom. The number of phenols is 1. The quantitative estimate of drug-likeness (QED) is 0.480. The van der Waals surface area contributed by atoms with E-state index in [1.54, 1.807) is 18.2 Å². The van der Waals surface area contributed by atoms with Crippen LogP contribution in [0.2, 0.25) is 0 Å². The minimum atomic E-state index is -0.115. The van der Waals surface area contributed by atoms with E-state index in [0.29, 0.717) is 5.56 Å². The largest absolute Gasteiger partial charge is 0.507 e. The molecule has 6 nitrogen and oxygen atoms in total. The molecule has 5 rings (SSSR count). The number of Topliss-reactive ketones (excluding diaryl/α,β-unsaturated/α-hetero) is 1. The van der Waals surface area contributed by atoms with Gasteiger partial charge in [-0.1, -0.05) is 18.2 Å². The zero-order valence-corrected chi connectivity index (χ0v) is 17.0. The number of aromatic hydroxyl groups is 1. The van der Waals surface area contributed by atoms with E-state index < -0.39 is 0 Å². The summed E-state index contributed by atoms with van der Waals surface area (Å²) in [6.07, 6.45) is 0.218. The number of morpholine rings is 1. The molecule has 0 saturated carbocycles. The van der Waals surface area contributed by atoms with Crippen molar-refractivity contribution in [3.8, 4) is 17.1 Å². The molecule has 2 N–H and O–H groups in total. The van der Waals surface area contributed by atoms with Crippen molar-refractivity contribution in [3.05, 3.63) is 77.9 Å². The van der Waals surface area contributed by atoms with Gasteiger partial charge in [-0.25, -0.2) is 4.98 Å². The molecule has 0 bridgehead atoms. The van der Waals surface area contributed by atoms with Crippen molar-refractivity contribution in [2.45, 2.75) is 6.42 Å². The topological polar surface area (TPSA) is 78.5 Å². The van der Waals surface area contributed by atoms with Crippen LogP contribution in [0.1, 0.15) is 15.9 Å². The maximum Gasteiger partial charge on any atom is 0.170 e. The van der Waals surface area contributed by atoms with Crippen LogP contribution in [0.3, 0.4) is 0 Å². The molecular weight excluding hydrogens is 390 g/mol. The lowest BCUT2D eigenvalue weighted by atomic mass is 10.0. The van der Waals surface area contributed by atoms with E-state index in [1.165, 1.54) is 11.8 Å². The van der Waals surface area contributed by atoms with E-state index in [9.17, 15) is 9.90 Å². The molecule has 1 saturated heterocycles. The molecule has 1 fully saturated rings. The average molecular weight is 413 g/mol. The second-order valence-corrected chi connectivity index (χ2v) is 7.70. The summed E-state index contributed by atoms with van der Waals surface area (Å²) in [5.41, 5.74) is 5.15. The molecule has 3 aromatic carbocycles. The molecular formula is C25H23N3O3. The number of aromatic amines is 1. The van der Waals surface area contributed by atoms with Gasteiger partial charge in [0.25, 0.3) is 0 Å². The van der Waals surface area contributed by atoms with Crippen LogP contribution in [0.25, 0.3) is 22.4 Å². The minimum Gasteiger partial charge on any atom is -0.507 e. The van der Waals surface area contributed by atoms with Crippen molar-refractivity contribution < 1.29 is 14.6 Å². The number of rotatable bonds is 5. The van der Waals surface area contributed by atoms with E-state index >= 15 is 0 Å². The van der Waals surface area contributed by atoms with Crippen LogP contribution in [-0.4, -0.2) is 47.2 Å². The predicted molar refractivity (Wildman–Crippen MR) is 121 cm³/mol. The normalized spacial score (nSPS) is 14.1. The molecule has 0 unspecified atom stereocenters. The molecule has 156 valence electrons. The molecule has 0 radical (unpaired) electrons. The third-order valence-corrected chi connectivity index (χ3v) is 5.63. The third-order valence-electron chi connectivity index (χ3n) is 5.63. The zero-order valence-electron chi connectivity index (χ0n) is 17.0. The second-order valence-electron chi connectivity index (χ2n) is 7.70. The highest BCUT2D eigenvalue weighted by Gasteiger charge is 2.14. The Labute approximate surface area is 180 Å². The average Bonchev–Trinajstić information content (AvgIpc) is 3.23. The number of ether oxygens (including phenoxy) is 1. The summed E-state index contributed by atoms with van der Waals surface area (Å²) in [4.78, 5) is 23.0. The van der Waals surface area contributed by atoms with Gasteiger partial charge in [-0.05, 0) is 54.1 Å². The number of hydrogen-bond acceptors (Lipinski definition) is 5. The molecule has 6 heteroatoms. The van der Waals surface area contributed by atoms with Crippen LogP contribution in [0.5, 0.6) is 5.75 Å². The number of nitrogens with one attached hydrogen (secondary N) is 1. The maximum absolute atomic E-state index is 12.6.